The fraction of sp³-hybridized carbons (Fsp3) is 0.440. The Kier molecular flexibility index (Phi) is 9.97. The molecular formula is C25H34N4O6S. The van der Waals surface area contributed by atoms with Crippen LogP contribution in [-0.4, -0.2) is 54.9 Å². The number of benzene rings is 2. The van der Waals surface area contributed by atoms with Crippen LogP contribution in [0.1, 0.15) is 44.7 Å². The summed E-state index contributed by atoms with van der Waals surface area (Å²) in [6.07, 6.45) is 1.95. The lowest BCUT2D eigenvalue weighted by Gasteiger charge is -2.33. The van der Waals surface area contributed by atoms with Crippen molar-refractivity contribution >= 4 is 33.2 Å². The van der Waals surface area contributed by atoms with Crippen molar-refractivity contribution in [1.29, 1.82) is 0 Å². The van der Waals surface area contributed by atoms with Crippen molar-refractivity contribution in [2.45, 2.75) is 59.2 Å². The minimum absolute atomic E-state index is 0.00680. The van der Waals surface area contributed by atoms with Crippen LogP contribution in [-0.2, 0) is 26.2 Å². The van der Waals surface area contributed by atoms with E-state index in [-0.39, 0.29) is 29.9 Å². The average Bonchev–Trinajstić information content (AvgIpc) is 2.81. The number of amides is 2. The maximum Gasteiger partial charge on any atom is 0.271 e. The molecule has 0 aromatic heterocycles. The molecule has 36 heavy (non-hydrogen) atoms. The van der Waals surface area contributed by atoms with Crippen LogP contribution in [0, 0.1) is 17.0 Å². The lowest BCUT2D eigenvalue weighted by atomic mass is 10.1. The second-order valence-corrected chi connectivity index (χ2v) is 10.7. The van der Waals surface area contributed by atoms with Crippen molar-refractivity contribution in [2.75, 3.05) is 17.1 Å². The maximum atomic E-state index is 13.6. The molecule has 0 aliphatic rings. The van der Waals surface area contributed by atoms with Gasteiger partial charge in [0.1, 0.15) is 12.6 Å². The van der Waals surface area contributed by atoms with Gasteiger partial charge < -0.3 is 10.2 Å². The first-order chi connectivity index (χ1) is 16.9. The largest absolute Gasteiger partial charge is 0.352 e. The maximum absolute atomic E-state index is 13.6. The minimum atomic E-state index is -3.98. The van der Waals surface area contributed by atoms with Gasteiger partial charge >= 0.3 is 0 Å². The van der Waals surface area contributed by atoms with E-state index in [9.17, 15) is 28.1 Å². The van der Waals surface area contributed by atoms with Crippen LogP contribution in [0.5, 0.6) is 0 Å². The zero-order valence-electron chi connectivity index (χ0n) is 21.3. The molecular weight excluding hydrogens is 484 g/mol. The van der Waals surface area contributed by atoms with Gasteiger partial charge in [-0.05, 0) is 38.3 Å². The van der Waals surface area contributed by atoms with Crippen LogP contribution in [0.4, 0.5) is 11.4 Å². The minimum Gasteiger partial charge on any atom is -0.352 e. The average molecular weight is 519 g/mol. The topological polar surface area (TPSA) is 130 Å². The Morgan fingerprint density at radius 1 is 1.08 bits per heavy atom. The Labute approximate surface area is 212 Å². The SMILES string of the molecule is CC[C@@H](C)NC(=O)[C@@H](CC)N(Cc1cccc(C)c1)C(=O)CN(c1cccc([N+](=O)[O-])c1)S(C)(=O)=O. The van der Waals surface area contributed by atoms with Gasteiger partial charge in [-0.25, -0.2) is 8.42 Å². The molecule has 2 rings (SSSR count). The molecule has 0 saturated carbocycles. The molecule has 10 nitrogen and oxygen atoms in total. The first-order valence-corrected chi connectivity index (χ1v) is 13.6. The third-order valence-electron chi connectivity index (χ3n) is 5.83. The van der Waals surface area contributed by atoms with E-state index in [0.29, 0.717) is 12.8 Å². The summed E-state index contributed by atoms with van der Waals surface area (Å²) in [6, 6.07) is 11.6. The fourth-order valence-corrected chi connectivity index (χ4v) is 4.58. The van der Waals surface area contributed by atoms with Gasteiger partial charge in [0.05, 0.1) is 16.9 Å². The number of carbonyl (C=O) groups excluding carboxylic acids is 2. The van der Waals surface area contributed by atoms with E-state index in [0.717, 1.165) is 27.8 Å². The van der Waals surface area contributed by atoms with Crippen LogP contribution in [0.3, 0.4) is 0 Å². The number of hydrogen-bond acceptors (Lipinski definition) is 6. The van der Waals surface area contributed by atoms with Gasteiger partial charge in [0.2, 0.25) is 21.8 Å². The Morgan fingerprint density at radius 2 is 1.75 bits per heavy atom. The highest BCUT2D eigenvalue weighted by Crippen LogP contribution is 2.24. The number of nitrogens with zero attached hydrogens (tertiary/aromatic N) is 3. The van der Waals surface area contributed by atoms with E-state index in [1.165, 1.54) is 23.1 Å². The second-order valence-electron chi connectivity index (χ2n) is 8.80. The lowest BCUT2D eigenvalue weighted by molar-refractivity contribution is -0.384. The predicted octanol–water partition coefficient (Wildman–Crippen LogP) is 3.39. The van der Waals surface area contributed by atoms with Crippen molar-refractivity contribution in [2.24, 2.45) is 0 Å². The van der Waals surface area contributed by atoms with Crippen LogP contribution < -0.4 is 9.62 Å². The molecule has 0 radical (unpaired) electrons. The van der Waals surface area contributed by atoms with Gasteiger partial charge in [-0.2, -0.15) is 0 Å². The van der Waals surface area contributed by atoms with Crippen molar-refractivity contribution < 1.29 is 22.9 Å². The summed E-state index contributed by atoms with van der Waals surface area (Å²) in [6.45, 7) is 6.98. The highest BCUT2D eigenvalue weighted by molar-refractivity contribution is 7.92. The molecule has 0 aliphatic carbocycles. The second kappa shape index (κ2) is 12.5. The fourth-order valence-electron chi connectivity index (χ4n) is 3.74. The summed E-state index contributed by atoms with van der Waals surface area (Å²) >= 11 is 0. The molecule has 0 bridgehead atoms. The van der Waals surface area contributed by atoms with Crippen LogP contribution in [0.15, 0.2) is 48.5 Å². The van der Waals surface area contributed by atoms with E-state index in [2.05, 4.69) is 5.32 Å². The normalized spacial score (nSPS) is 12.9. The van der Waals surface area contributed by atoms with Gasteiger partial charge in [0.15, 0.2) is 0 Å². The molecule has 2 aromatic rings. The van der Waals surface area contributed by atoms with E-state index in [1.807, 2.05) is 45.0 Å². The third kappa shape index (κ3) is 7.77. The number of sulfonamides is 1. The van der Waals surface area contributed by atoms with E-state index in [4.69, 9.17) is 0 Å². The third-order valence-corrected chi connectivity index (χ3v) is 6.97. The number of nitro benzene ring substituents is 1. The molecule has 196 valence electrons. The number of nitro groups is 1. The highest BCUT2D eigenvalue weighted by Gasteiger charge is 2.32. The number of hydrogen-bond donors (Lipinski definition) is 1. The molecule has 2 atom stereocenters. The molecule has 0 aliphatic heterocycles. The number of anilines is 1. The molecule has 0 heterocycles. The van der Waals surface area contributed by atoms with Gasteiger partial charge in [-0.15, -0.1) is 0 Å². The molecule has 0 unspecified atom stereocenters. The summed E-state index contributed by atoms with van der Waals surface area (Å²) in [5.74, 6) is -0.923. The predicted molar refractivity (Wildman–Crippen MR) is 139 cm³/mol. The van der Waals surface area contributed by atoms with Crippen molar-refractivity contribution in [1.82, 2.24) is 10.2 Å². The Morgan fingerprint density at radius 3 is 2.31 bits per heavy atom. The van der Waals surface area contributed by atoms with Crippen LogP contribution in [0.2, 0.25) is 0 Å². The molecule has 0 saturated heterocycles. The molecule has 1 N–H and O–H groups in total. The zero-order valence-corrected chi connectivity index (χ0v) is 22.1. The van der Waals surface area contributed by atoms with E-state index >= 15 is 0 Å². The Bertz CT molecular complexity index is 1200. The van der Waals surface area contributed by atoms with E-state index in [1.54, 1.807) is 6.92 Å². The summed E-state index contributed by atoms with van der Waals surface area (Å²) in [5.41, 5.74) is 1.46. The zero-order chi connectivity index (χ0) is 27.0. The molecule has 2 aromatic carbocycles. The summed E-state index contributed by atoms with van der Waals surface area (Å²) < 4.78 is 26.1. The number of non-ortho nitro benzene ring substituents is 1. The summed E-state index contributed by atoms with van der Waals surface area (Å²) in [4.78, 5) is 38.7. The number of aryl methyl sites for hydroxylation is 1. The van der Waals surface area contributed by atoms with Crippen molar-refractivity contribution in [3.8, 4) is 0 Å². The van der Waals surface area contributed by atoms with Crippen molar-refractivity contribution in [3.05, 3.63) is 69.8 Å². The Balaban J connectivity index is 2.48. The molecule has 11 heteroatoms. The smallest absolute Gasteiger partial charge is 0.271 e. The summed E-state index contributed by atoms with van der Waals surface area (Å²) in [7, 11) is -3.98. The first kappa shape index (κ1) is 28.8. The molecule has 0 fully saturated rings. The van der Waals surface area contributed by atoms with Crippen LogP contribution >= 0.6 is 0 Å². The number of nitrogens with one attached hydrogen (secondary N) is 1. The Hall–Kier alpha value is -3.47. The number of rotatable bonds is 12. The van der Waals surface area contributed by atoms with Gasteiger partial charge in [-0.1, -0.05) is 49.7 Å². The first-order valence-electron chi connectivity index (χ1n) is 11.7. The van der Waals surface area contributed by atoms with Gasteiger partial charge in [0.25, 0.3) is 5.69 Å². The van der Waals surface area contributed by atoms with Crippen LogP contribution in [0.25, 0.3) is 0 Å². The highest BCUT2D eigenvalue weighted by atomic mass is 32.2. The van der Waals surface area contributed by atoms with Crippen molar-refractivity contribution in [3.63, 3.8) is 0 Å². The molecule has 0 spiro atoms. The standard InChI is InChI=1S/C25H34N4O6S/c1-6-19(4)26-25(31)23(7-2)27(16-20-11-8-10-18(3)14-20)24(30)17-28(36(5,34)35)21-12-9-13-22(15-21)29(32)33/h8-15,19,23H,6-7,16-17H2,1-5H3,(H,26,31)/t19-,23-/m1/s1. The van der Waals surface area contributed by atoms with Gasteiger partial charge in [0, 0.05) is 24.7 Å². The molecule has 2 amide bonds. The summed E-state index contributed by atoms with van der Waals surface area (Å²) in [5, 5.41) is 14.1. The van der Waals surface area contributed by atoms with Gasteiger partial charge in [-0.3, -0.25) is 24.0 Å². The van der Waals surface area contributed by atoms with E-state index < -0.39 is 33.4 Å². The monoisotopic (exact) mass is 518 g/mol. The lowest BCUT2D eigenvalue weighted by Crippen LogP contribution is -2.53. The number of carbonyl (C=O) groups is 2. The quantitative estimate of drug-likeness (QED) is 0.339.